The highest BCUT2D eigenvalue weighted by molar-refractivity contribution is 5.79. The Morgan fingerprint density at radius 1 is 1.33 bits per heavy atom. The lowest BCUT2D eigenvalue weighted by atomic mass is 10.3. The molecule has 112 valence electrons. The van der Waals surface area contributed by atoms with E-state index in [9.17, 15) is 13.6 Å². The third-order valence-electron chi connectivity index (χ3n) is 3.92. The van der Waals surface area contributed by atoms with E-state index >= 15 is 0 Å². The largest absolute Gasteiger partial charge is 0.343 e. The van der Waals surface area contributed by atoms with Gasteiger partial charge in [0.25, 0.3) is 6.43 Å². The van der Waals surface area contributed by atoms with Crippen molar-refractivity contribution in [3.8, 4) is 0 Å². The van der Waals surface area contributed by atoms with E-state index in [4.69, 9.17) is 0 Å². The Kier molecular flexibility index (Phi) is 3.86. The second-order valence-electron chi connectivity index (χ2n) is 5.28. The molecule has 0 saturated carbocycles. The number of nitrogens with zero attached hydrogens (tertiary/aromatic N) is 3. The van der Waals surface area contributed by atoms with E-state index in [1.165, 1.54) is 10.6 Å². The standard InChI is InChI=1S/C15H17F2N3O/c16-14(17)12-10-11-4-3-6-18-15(11)20(12)9-5-13(21)19-7-1-2-8-19/h3-4,6,10,14H,1-2,5,7-9H2. The maximum absolute atomic E-state index is 13.1. The molecule has 0 radical (unpaired) electrons. The van der Waals surface area contributed by atoms with Crippen LogP contribution in [-0.2, 0) is 11.3 Å². The lowest BCUT2D eigenvalue weighted by Crippen LogP contribution is -2.28. The minimum absolute atomic E-state index is 0.0329. The van der Waals surface area contributed by atoms with Gasteiger partial charge in [-0.1, -0.05) is 0 Å². The van der Waals surface area contributed by atoms with Crippen LogP contribution >= 0.6 is 0 Å². The van der Waals surface area contributed by atoms with Gasteiger partial charge in [0.15, 0.2) is 0 Å². The summed E-state index contributed by atoms with van der Waals surface area (Å²) in [6.07, 6.45) is 1.31. The van der Waals surface area contributed by atoms with Gasteiger partial charge in [-0.2, -0.15) is 0 Å². The van der Waals surface area contributed by atoms with Crippen LogP contribution in [0.2, 0.25) is 0 Å². The van der Waals surface area contributed by atoms with Crippen LogP contribution in [0.4, 0.5) is 8.78 Å². The number of carbonyl (C=O) groups excluding carboxylic acids is 1. The molecular weight excluding hydrogens is 276 g/mol. The molecule has 0 bridgehead atoms. The predicted octanol–water partition coefficient (Wildman–Crippen LogP) is 2.99. The Hall–Kier alpha value is -1.98. The second kappa shape index (κ2) is 5.79. The molecule has 6 heteroatoms. The second-order valence-corrected chi connectivity index (χ2v) is 5.28. The minimum Gasteiger partial charge on any atom is -0.343 e. The maximum atomic E-state index is 13.1. The summed E-state index contributed by atoms with van der Waals surface area (Å²) in [7, 11) is 0. The van der Waals surface area contributed by atoms with Crippen molar-refractivity contribution < 1.29 is 13.6 Å². The number of aromatic nitrogens is 2. The molecule has 2 aromatic heterocycles. The van der Waals surface area contributed by atoms with E-state index < -0.39 is 6.43 Å². The zero-order chi connectivity index (χ0) is 14.8. The van der Waals surface area contributed by atoms with Crippen LogP contribution in [0.15, 0.2) is 24.4 Å². The molecule has 0 aliphatic carbocycles. The van der Waals surface area contributed by atoms with Crippen LogP contribution in [0.3, 0.4) is 0 Å². The third kappa shape index (κ3) is 2.75. The monoisotopic (exact) mass is 293 g/mol. The minimum atomic E-state index is -2.57. The van der Waals surface area contributed by atoms with Crippen molar-refractivity contribution in [2.75, 3.05) is 13.1 Å². The maximum Gasteiger partial charge on any atom is 0.278 e. The highest BCUT2D eigenvalue weighted by Crippen LogP contribution is 2.26. The van der Waals surface area contributed by atoms with Crippen LogP contribution in [0.1, 0.15) is 31.4 Å². The average Bonchev–Trinajstić information content (AvgIpc) is 3.12. The summed E-state index contributed by atoms with van der Waals surface area (Å²) in [6, 6.07) is 4.93. The van der Waals surface area contributed by atoms with Crippen molar-refractivity contribution in [1.82, 2.24) is 14.5 Å². The smallest absolute Gasteiger partial charge is 0.278 e. The van der Waals surface area contributed by atoms with E-state index in [1.807, 2.05) is 0 Å². The summed E-state index contributed by atoms with van der Waals surface area (Å²) in [6.45, 7) is 1.81. The van der Waals surface area contributed by atoms with Crippen LogP contribution < -0.4 is 0 Å². The third-order valence-corrected chi connectivity index (χ3v) is 3.92. The number of hydrogen-bond acceptors (Lipinski definition) is 2. The van der Waals surface area contributed by atoms with Crippen molar-refractivity contribution in [3.63, 3.8) is 0 Å². The lowest BCUT2D eigenvalue weighted by molar-refractivity contribution is -0.130. The molecule has 0 unspecified atom stereocenters. The van der Waals surface area contributed by atoms with Gasteiger partial charge in [0.1, 0.15) is 5.65 Å². The molecule has 3 rings (SSSR count). The van der Waals surface area contributed by atoms with E-state index in [0.717, 1.165) is 25.9 Å². The molecule has 0 aromatic carbocycles. The van der Waals surface area contributed by atoms with Crippen molar-refractivity contribution >= 4 is 16.9 Å². The molecule has 1 aliphatic rings. The molecule has 0 N–H and O–H groups in total. The predicted molar refractivity (Wildman–Crippen MR) is 75.1 cm³/mol. The fourth-order valence-electron chi connectivity index (χ4n) is 2.86. The van der Waals surface area contributed by atoms with Gasteiger partial charge < -0.3 is 9.47 Å². The number of carbonyl (C=O) groups is 1. The van der Waals surface area contributed by atoms with E-state index in [1.54, 1.807) is 23.2 Å². The van der Waals surface area contributed by atoms with Gasteiger partial charge in [0.2, 0.25) is 5.91 Å². The number of hydrogen-bond donors (Lipinski definition) is 0. The first kappa shape index (κ1) is 14.0. The molecule has 2 aromatic rings. The molecule has 0 spiro atoms. The Labute approximate surface area is 121 Å². The average molecular weight is 293 g/mol. The van der Waals surface area contributed by atoms with E-state index in [2.05, 4.69) is 4.98 Å². The van der Waals surface area contributed by atoms with Gasteiger partial charge in [0.05, 0.1) is 5.69 Å². The van der Waals surface area contributed by atoms with Crippen molar-refractivity contribution in [2.24, 2.45) is 0 Å². The SMILES string of the molecule is O=C(CCn1c(C(F)F)cc2cccnc21)N1CCCC1. The van der Waals surface area contributed by atoms with Gasteiger partial charge >= 0.3 is 0 Å². The number of pyridine rings is 1. The van der Waals surface area contributed by atoms with Gasteiger partial charge in [0, 0.05) is 37.6 Å². The molecular formula is C15H17F2N3O. The Morgan fingerprint density at radius 2 is 2.10 bits per heavy atom. The van der Waals surface area contributed by atoms with Crippen LogP contribution in [-0.4, -0.2) is 33.4 Å². The first-order valence-corrected chi connectivity index (χ1v) is 7.17. The van der Waals surface area contributed by atoms with Crippen LogP contribution in [0.25, 0.3) is 11.0 Å². The lowest BCUT2D eigenvalue weighted by Gasteiger charge is -2.16. The Balaban J connectivity index is 1.81. The van der Waals surface area contributed by atoms with Crippen LogP contribution in [0, 0.1) is 0 Å². The van der Waals surface area contributed by atoms with Crippen molar-refractivity contribution in [2.45, 2.75) is 32.2 Å². The summed E-state index contributed by atoms with van der Waals surface area (Å²) >= 11 is 0. The number of rotatable bonds is 4. The number of halogens is 2. The number of likely N-dealkylation sites (tertiary alicyclic amines) is 1. The molecule has 1 aliphatic heterocycles. The number of amides is 1. The van der Waals surface area contributed by atoms with Gasteiger partial charge in [-0.05, 0) is 31.0 Å². The molecule has 3 heterocycles. The van der Waals surface area contributed by atoms with Crippen molar-refractivity contribution in [3.05, 3.63) is 30.1 Å². The molecule has 1 fully saturated rings. The quantitative estimate of drug-likeness (QED) is 0.869. The molecule has 4 nitrogen and oxygen atoms in total. The first-order valence-electron chi connectivity index (χ1n) is 7.17. The zero-order valence-electron chi connectivity index (χ0n) is 11.6. The number of aryl methyl sites for hydroxylation is 1. The summed E-state index contributed by atoms with van der Waals surface area (Å²) < 4.78 is 27.8. The van der Waals surface area contributed by atoms with Gasteiger partial charge in [-0.3, -0.25) is 4.79 Å². The molecule has 1 saturated heterocycles. The topological polar surface area (TPSA) is 38.1 Å². The number of alkyl halides is 2. The van der Waals surface area contributed by atoms with Gasteiger partial charge in [-0.25, -0.2) is 13.8 Å². The summed E-state index contributed by atoms with van der Waals surface area (Å²) in [5.74, 6) is 0.0329. The Morgan fingerprint density at radius 3 is 2.81 bits per heavy atom. The normalized spacial score (nSPS) is 15.3. The molecule has 0 atom stereocenters. The highest BCUT2D eigenvalue weighted by atomic mass is 19.3. The summed E-state index contributed by atoms with van der Waals surface area (Å²) in [5.41, 5.74) is 0.444. The molecule has 21 heavy (non-hydrogen) atoms. The summed E-state index contributed by atoms with van der Waals surface area (Å²) in [4.78, 5) is 18.0. The fraction of sp³-hybridized carbons (Fsp3) is 0.467. The van der Waals surface area contributed by atoms with Crippen LogP contribution in [0.5, 0.6) is 0 Å². The fourth-order valence-corrected chi connectivity index (χ4v) is 2.86. The van der Waals surface area contributed by atoms with Crippen molar-refractivity contribution in [1.29, 1.82) is 0 Å². The number of fused-ring (bicyclic) bond motifs is 1. The zero-order valence-corrected chi connectivity index (χ0v) is 11.6. The van der Waals surface area contributed by atoms with Gasteiger partial charge in [-0.15, -0.1) is 0 Å². The Bertz CT molecular complexity index is 647. The first-order chi connectivity index (χ1) is 10.2. The van der Waals surface area contributed by atoms with E-state index in [-0.39, 0.29) is 24.6 Å². The highest BCUT2D eigenvalue weighted by Gasteiger charge is 2.21. The summed E-state index contributed by atoms with van der Waals surface area (Å²) in [5, 5.41) is 0.682. The molecule has 1 amide bonds. The van der Waals surface area contributed by atoms with E-state index in [0.29, 0.717) is 11.0 Å².